The van der Waals surface area contributed by atoms with Crippen molar-refractivity contribution in [2.75, 3.05) is 26.2 Å². The number of sulfonamides is 1. The van der Waals surface area contributed by atoms with Crippen molar-refractivity contribution >= 4 is 15.9 Å². The van der Waals surface area contributed by atoms with Crippen molar-refractivity contribution in [3.8, 4) is 0 Å². The number of halogens is 1. The standard InChI is InChI=1S/C21H32FN3O3S/c1-15-7-6-9-19(16(15)2)23-21(26)17(3)24-11-13-25(14-12-24)29(27,28)20-10-5-4-8-18(20)22/h4-5,8,10,15-17,19H,6-7,9,11-14H2,1-3H3,(H,23,26)/p+1/t15-,16+,17+,19-/m0/s1. The van der Waals surface area contributed by atoms with Gasteiger partial charge in [-0.3, -0.25) is 4.79 Å². The summed E-state index contributed by atoms with van der Waals surface area (Å²) >= 11 is 0. The van der Waals surface area contributed by atoms with E-state index in [1.165, 1.54) is 28.9 Å². The van der Waals surface area contributed by atoms with Gasteiger partial charge in [0, 0.05) is 6.04 Å². The molecular weight excluding hydrogens is 393 g/mol. The van der Waals surface area contributed by atoms with Gasteiger partial charge in [0.1, 0.15) is 10.7 Å². The molecule has 2 fully saturated rings. The fourth-order valence-corrected chi connectivity index (χ4v) is 6.03. The molecule has 0 unspecified atom stereocenters. The molecular formula is C21H33FN3O3S+. The molecule has 0 aromatic heterocycles. The molecule has 6 nitrogen and oxygen atoms in total. The van der Waals surface area contributed by atoms with Crippen LogP contribution in [0, 0.1) is 17.7 Å². The van der Waals surface area contributed by atoms with E-state index in [0.29, 0.717) is 24.9 Å². The van der Waals surface area contributed by atoms with Gasteiger partial charge in [0.2, 0.25) is 10.0 Å². The van der Waals surface area contributed by atoms with Crippen LogP contribution in [0.2, 0.25) is 0 Å². The van der Waals surface area contributed by atoms with E-state index in [9.17, 15) is 17.6 Å². The number of nitrogens with zero attached hydrogens (tertiary/aromatic N) is 1. The third-order valence-electron chi connectivity index (χ3n) is 6.86. The van der Waals surface area contributed by atoms with Crippen molar-refractivity contribution < 1.29 is 22.5 Å². The van der Waals surface area contributed by atoms with Crippen LogP contribution < -0.4 is 10.2 Å². The Kier molecular flexibility index (Phi) is 6.96. The smallest absolute Gasteiger partial charge is 0.278 e. The molecule has 1 aliphatic heterocycles. The van der Waals surface area contributed by atoms with Crippen molar-refractivity contribution in [3.05, 3.63) is 30.1 Å². The maximum atomic E-state index is 14.0. The first-order valence-electron chi connectivity index (χ1n) is 10.6. The Morgan fingerprint density at radius 3 is 2.52 bits per heavy atom. The highest BCUT2D eigenvalue weighted by molar-refractivity contribution is 7.89. The summed E-state index contributed by atoms with van der Waals surface area (Å²) in [4.78, 5) is 13.6. The zero-order valence-electron chi connectivity index (χ0n) is 17.5. The summed E-state index contributed by atoms with van der Waals surface area (Å²) in [5.74, 6) is 0.392. The molecule has 1 saturated heterocycles. The number of nitrogens with one attached hydrogen (secondary N) is 2. The van der Waals surface area contributed by atoms with E-state index in [4.69, 9.17) is 0 Å². The lowest BCUT2D eigenvalue weighted by molar-refractivity contribution is -0.917. The van der Waals surface area contributed by atoms with Gasteiger partial charge in [-0.15, -0.1) is 0 Å². The summed E-state index contributed by atoms with van der Waals surface area (Å²) in [6.07, 6.45) is 3.38. The number of carbonyl (C=O) groups is 1. The molecule has 0 spiro atoms. The number of amides is 1. The topological polar surface area (TPSA) is 70.9 Å². The lowest BCUT2D eigenvalue weighted by atomic mass is 9.78. The first-order valence-corrected chi connectivity index (χ1v) is 12.1. The van der Waals surface area contributed by atoms with Gasteiger partial charge in [0.25, 0.3) is 5.91 Å². The molecule has 3 rings (SSSR count). The molecule has 1 aromatic carbocycles. The second kappa shape index (κ2) is 9.10. The minimum Gasteiger partial charge on any atom is -0.348 e. The molecule has 2 aliphatic rings. The Bertz CT molecular complexity index is 824. The molecule has 29 heavy (non-hydrogen) atoms. The van der Waals surface area contributed by atoms with E-state index < -0.39 is 15.8 Å². The van der Waals surface area contributed by atoms with Crippen LogP contribution in [-0.2, 0) is 14.8 Å². The Balaban J connectivity index is 1.57. The minimum absolute atomic E-state index is 0.0383. The predicted molar refractivity (Wildman–Crippen MR) is 109 cm³/mol. The van der Waals surface area contributed by atoms with Gasteiger partial charge < -0.3 is 10.2 Å². The second-order valence-electron chi connectivity index (χ2n) is 8.60. The van der Waals surface area contributed by atoms with Crippen molar-refractivity contribution in [2.45, 2.75) is 57.0 Å². The Hall–Kier alpha value is -1.51. The monoisotopic (exact) mass is 426 g/mol. The van der Waals surface area contributed by atoms with E-state index in [0.717, 1.165) is 23.8 Å². The molecule has 2 N–H and O–H groups in total. The van der Waals surface area contributed by atoms with Crippen LogP contribution in [0.15, 0.2) is 29.2 Å². The average Bonchev–Trinajstić information content (AvgIpc) is 2.71. The number of quaternary nitrogens is 1. The Labute approximate surface area is 173 Å². The Morgan fingerprint density at radius 2 is 1.86 bits per heavy atom. The number of rotatable bonds is 5. The van der Waals surface area contributed by atoms with Gasteiger partial charge >= 0.3 is 0 Å². The third kappa shape index (κ3) is 4.81. The van der Waals surface area contributed by atoms with Crippen LogP contribution in [0.5, 0.6) is 0 Å². The maximum absolute atomic E-state index is 14.0. The fourth-order valence-electron chi connectivity index (χ4n) is 4.52. The van der Waals surface area contributed by atoms with Gasteiger partial charge in [-0.25, -0.2) is 12.8 Å². The molecule has 1 aliphatic carbocycles. The zero-order valence-corrected chi connectivity index (χ0v) is 18.3. The third-order valence-corrected chi connectivity index (χ3v) is 8.79. The minimum atomic E-state index is -3.85. The number of carbonyl (C=O) groups excluding carboxylic acids is 1. The lowest BCUT2D eigenvalue weighted by Gasteiger charge is -2.37. The first kappa shape index (κ1) is 22.2. The lowest BCUT2D eigenvalue weighted by Crippen LogP contribution is -3.19. The molecule has 1 amide bonds. The highest BCUT2D eigenvalue weighted by Crippen LogP contribution is 2.29. The van der Waals surface area contributed by atoms with E-state index in [1.807, 2.05) is 6.92 Å². The average molecular weight is 427 g/mol. The van der Waals surface area contributed by atoms with E-state index >= 15 is 0 Å². The van der Waals surface area contributed by atoms with Gasteiger partial charge in [0.15, 0.2) is 6.04 Å². The van der Waals surface area contributed by atoms with E-state index in [1.54, 1.807) is 0 Å². The number of hydrogen-bond donors (Lipinski definition) is 2. The highest BCUT2D eigenvalue weighted by atomic mass is 32.2. The van der Waals surface area contributed by atoms with Crippen molar-refractivity contribution in [3.63, 3.8) is 0 Å². The number of hydrogen-bond acceptors (Lipinski definition) is 3. The Morgan fingerprint density at radius 1 is 1.21 bits per heavy atom. The van der Waals surface area contributed by atoms with Crippen LogP contribution in [0.25, 0.3) is 0 Å². The SMILES string of the molecule is C[C@H]1[C@@H](NC(=O)[C@@H](C)[NH+]2CCN(S(=O)(=O)c3ccccc3F)CC2)CCC[C@@H]1C. The first-order chi connectivity index (χ1) is 13.7. The zero-order chi connectivity index (χ0) is 21.2. The van der Waals surface area contributed by atoms with Gasteiger partial charge in [-0.05, 0) is 37.3 Å². The largest absolute Gasteiger partial charge is 0.348 e. The maximum Gasteiger partial charge on any atom is 0.278 e. The predicted octanol–water partition coefficient (Wildman–Crippen LogP) is 1.04. The summed E-state index contributed by atoms with van der Waals surface area (Å²) < 4.78 is 40.8. The molecule has 1 heterocycles. The molecule has 4 atom stereocenters. The summed E-state index contributed by atoms with van der Waals surface area (Å²) in [5, 5.41) is 3.23. The summed E-state index contributed by atoms with van der Waals surface area (Å²) in [6, 6.07) is 5.44. The molecule has 0 bridgehead atoms. The second-order valence-corrected chi connectivity index (χ2v) is 10.5. The highest BCUT2D eigenvalue weighted by Gasteiger charge is 2.37. The van der Waals surface area contributed by atoms with Crippen molar-refractivity contribution in [2.24, 2.45) is 11.8 Å². The van der Waals surface area contributed by atoms with Crippen LogP contribution in [-0.4, -0.2) is 56.9 Å². The van der Waals surface area contributed by atoms with E-state index in [2.05, 4.69) is 19.2 Å². The molecule has 1 aromatic rings. The van der Waals surface area contributed by atoms with E-state index in [-0.39, 0.29) is 36.0 Å². The van der Waals surface area contributed by atoms with Gasteiger partial charge in [-0.2, -0.15) is 4.31 Å². The van der Waals surface area contributed by atoms with Crippen LogP contribution in [0.1, 0.15) is 40.0 Å². The number of piperazine rings is 1. The van der Waals surface area contributed by atoms with Crippen LogP contribution in [0.4, 0.5) is 4.39 Å². The van der Waals surface area contributed by atoms with Crippen molar-refractivity contribution in [1.29, 1.82) is 0 Å². The summed E-state index contributed by atoms with van der Waals surface area (Å²) in [7, 11) is -3.85. The fraction of sp³-hybridized carbons (Fsp3) is 0.667. The van der Waals surface area contributed by atoms with Gasteiger partial charge in [-0.1, -0.05) is 38.8 Å². The van der Waals surface area contributed by atoms with Crippen molar-refractivity contribution in [1.82, 2.24) is 9.62 Å². The number of benzene rings is 1. The summed E-state index contributed by atoms with van der Waals surface area (Å²) in [6.45, 7) is 7.97. The van der Waals surface area contributed by atoms with Crippen LogP contribution in [0.3, 0.4) is 0 Å². The summed E-state index contributed by atoms with van der Waals surface area (Å²) in [5.41, 5.74) is 0. The van der Waals surface area contributed by atoms with Crippen LogP contribution >= 0.6 is 0 Å². The molecule has 0 radical (unpaired) electrons. The molecule has 162 valence electrons. The normalized spacial score (nSPS) is 28.1. The quantitative estimate of drug-likeness (QED) is 0.739. The molecule has 8 heteroatoms. The molecule has 1 saturated carbocycles. The van der Waals surface area contributed by atoms with Gasteiger partial charge in [0.05, 0.1) is 26.2 Å².